The van der Waals surface area contributed by atoms with Gasteiger partial charge in [-0.2, -0.15) is 0 Å². The summed E-state index contributed by atoms with van der Waals surface area (Å²) in [6.45, 7) is 5.63. The Morgan fingerprint density at radius 3 is 2.50 bits per heavy atom. The van der Waals surface area contributed by atoms with Gasteiger partial charge in [-0.25, -0.2) is 9.78 Å². The molecule has 0 amide bonds. The molecular formula is C16H22BrNO2. The Bertz CT molecular complexity index is 488. The molecule has 4 heteroatoms. The Hall–Kier alpha value is -0.900. The van der Waals surface area contributed by atoms with Gasteiger partial charge < -0.3 is 4.74 Å². The number of ether oxygens (including phenoxy) is 1. The van der Waals surface area contributed by atoms with Gasteiger partial charge in [0.05, 0.1) is 5.56 Å². The Labute approximate surface area is 129 Å². The first-order chi connectivity index (χ1) is 9.35. The lowest BCUT2D eigenvalue weighted by Crippen LogP contribution is -2.24. The molecule has 0 saturated heterocycles. The summed E-state index contributed by atoms with van der Waals surface area (Å²) in [7, 11) is 0. The molecule has 3 nitrogen and oxygen atoms in total. The topological polar surface area (TPSA) is 39.2 Å². The van der Waals surface area contributed by atoms with Crippen molar-refractivity contribution in [3.05, 3.63) is 28.0 Å². The number of pyridine rings is 1. The zero-order chi connectivity index (χ0) is 14.8. The summed E-state index contributed by atoms with van der Waals surface area (Å²) in [5.74, 6) is 0.195. The van der Waals surface area contributed by atoms with Crippen LogP contribution in [0, 0.1) is 0 Å². The normalized spacial score (nSPS) is 17.0. The summed E-state index contributed by atoms with van der Waals surface area (Å²) < 4.78 is 6.14. The summed E-state index contributed by atoms with van der Waals surface area (Å²) >= 11 is 3.41. The molecule has 1 fully saturated rings. The lowest BCUT2D eigenvalue weighted by Gasteiger charge is -2.22. The fraction of sp³-hybridized carbons (Fsp3) is 0.625. The van der Waals surface area contributed by atoms with Gasteiger partial charge in [-0.1, -0.05) is 19.3 Å². The van der Waals surface area contributed by atoms with Crippen LogP contribution in [0.5, 0.6) is 0 Å². The zero-order valence-corrected chi connectivity index (χ0v) is 14.0. The van der Waals surface area contributed by atoms with Crippen LogP contribution in [0.3, 0.4) is 0 Å². The highest BCUT2D eigenvalue weighted by Gasteiger charge is 2.22. The second kappa shape index (κ2) is 6.25. The van der Waals surface area contributed by atoms with Crippen LogP contribution >= 0.6 is 15.9 Å². The van der Waals surface area contributed by atoms with E-state index in [1.165, 1.54) is 19.3 Å². The maximum atomic E-state index is 12.2. The van der Waals surface area contributed by atoms with E-state index in [1.807, 2.05) is 26.8 Å². The Kier molecular flexibility index (Phi) is 4.84. The van der Waals surface area contributed by atoms with E-state index in [0.29, 0.717) is 16.1 Å². The van der Waals surface area contributed by atoms with Crippen molar-refractivity contribution >= 4 is 21.9 Å². The SMILES string of the molecule is CC(C)(C)OC(=O)c1cc(Br)nc(C2CCCCC2)c1. The van der Waals surface area contributed by atoms with Crippen LogP contribution in [0.25, 0.3) is 0 Å². The molecule has 1 aliphatic carbocycles. The number of hydrogen-bond acceptors (Lipinski definition) is 3. The summed E-state index contributed by atoms with van der Waals surface area (Å²) in [5, 5.41) is 0. The first kappa shape index (κ1) is 15.5. The molecule has 0 aromatic carbocycles. The molecular weight excluding hydrogens is 318 g/mol. The third-order valence-electron chi connectivity index (χ3n) is 3.47. The highest BCUT2D eigenvalue weighted by Crippen LogP contribution is 2.32. The second-order valence-electron chi connectivity index (χ2n) is 6.44. The average molecular weight is 340 g/mol. The van der Waals surface area contributed by atoms with Crippen LogP contribution < -0.4 is 0 Å². The van der Waals surface area contributed by atoms with Gasteiger partial charge in [-0.15, -0.1) is 0 Å². The van der Waals surface area contributed by atoms with E-state index >= 15 is 0 Å². The number of carbonyl (C=O) groups excluding carboxylic acids is 1. The maximum absolute atomic E-state index is 12.2. The molecule has 0 aliphatic heterocycles. The highest BCUT2D eigenvalue weighted by atomic mass is 79.9. The summed E-state index contributed by atoms with van der Waals surface area (Å²) in [4.78, 5) is 16.7. The largest absolute Gasteiger partial charge is 0.456 e. The number of esters is 1. The van der Waals surface area contributed by atoms with E-state index in [4.69, 9.17) is 4.74 Å². The van der Waals surface area contributed by atoms with Crippen molar-refractivity contribution in [3.8, 4) is 0 Å². The van der Waals surface area contributed by atoms with Crippen molar-refractivity contribution < 1.29 is 9.53 Å². The predicted octanol–water partition coefficient (Wildman–Crippen LogP) is 4.85. The molecule has 0 radical (unpaired) electrons. The van der Waals surface area contributed by atoms with Gasteiger partial charge in [0.2, 0.25) is 0 Å². The molecule has 0 bridgehead atoms. The van der Waals surface area contributed by atoms with Crippen molar-refractivity contribution in [2.75, 3.05) is 0 Å². The number of hydrogen-bond donors (Lipinski definition) is 0. The van der Waals surface area contributed by atoms with Gasteiger partial charge in [-0.05, 0) is 61.7 Å². The van der Waals surface area contributed by atoms with E-state index in [-0.39, 0.29) is 5.97 Å². The summed E-state index contributed by atoms with van der Waals surface area (Å²) in [6, 6.07) is 3.63. The zero-order valence-electron chi connectivity index (χ0n) is 12.4. The molecule has 1 aromatic heterocycles. The number of rotatable bonds is 2. The standard InChI is InChI=1S/C16H22BrNO2/c1-16(2,3)20-15(19)12-9-13(18-14(17)10-12)11-7-5-4-6-8-11/h9-11H,4-8H2,1-3H3. The minimum Gasteiger partial charge on any atom is -0.456 e. The van der Waals surface area contributed by atoms with Crippen molar-refractivity contribution in [2.24, 2.45) is 0 Å². The molecule has 0 atom stereocenters. The van der Waals surface area contributed by atoms with E-state index in [9.17, 15) is 4.79 Å². The van der Waals surface area contributed by atoms with Crippen molar-refractivity contribution in [1.82, 2.24) is 4.98 Å². The Balaban J connectivity index is 2.21. The number of halogens is 1. The van der Waals surface area contributed by atoms with Crippen molar-refractivity contribution in [3.63, 3.8) is 0 Å². The molecule has 110 valence electrons. The molecule has 0 spiro atoms. The summed E-state index contributed by atoms with van der Waals surface area (Å²) in [6.07, 6.45) is 6.14. The van der Waals surface area contributed by atoms with Crippen LogP contribution in [-0.2, 0) is 4.74 Å². The fourth-order valence-corrected chi connectivity index (χ4v) is 3.03. The monoisotopic (exact) mass is 339 g/mol. The molecule has 1 saturated carbocycles. The number of aromatic nitrogens is 1. The third kappa shape index (κ3) is 4.30. The van der Waals surface area contributed by atoms with E-state index < -0.39 is 5.60 Å². The lowest BCUT2D eigenvalue weighted by molar-refractivity contribution is 0.00691. The Morgan fingerprint density at radius 2 is 1.90 bits per heavy atom. The van der Waals surface area contributed by atoms with Gasteiger partial charge in [0.1, 0.15) is 10.2 Å². The van der Waals surface area contributed by atoms with Crippen molar-refractivity contribution in [1.29, 1.82) is 0 Å². The molecule has 2 rings (SSSR count). The van der Waals surface area contributed by atoms with Crippen LogP contribution in [0.1, 0.15) is 74.8 Å². The van der Waals surface area contributed by atoms with E-state index in [2.05, 4.69) is 20.9 Å². The third-order valence-corrected chi connectivity index (χ3v) is 3.88. The van der Waals surface area contributed by atoms with Gasteiger partial charge in [0, 0.05) is 11.6 Å². The maximum Gasteiger partial charge on any atom is 0.338 e. The molecule has 0 N–H and O–H groups in total. The fourth-order valence-electron chi connectivity index (χ4n) is 2.58. The summed E-state index contributed by atoms with van der Waals surface area (Å²) in [5.41, 5.74) is 1.12. The van der Waals surface area contributed by atoms with E-state index in [1.54, 1.807) is 6.07 Å². The van der Waals surface area contributed by atoms with E-state index in [0.717, 1.165) is 18.5 Å². The van der Waals surface area contributed by atoms with Crippen LogP contribution in [0.15, 0.2) is 16.7 Å². The molecule has 1 aliphatic rings. The quantitative estimate of drug-likeness (QED) is 0.571. The lowest BCUT2D eigenvalue weighted by atomic mass is 9.86. The smallest absolute Gasteiger partial charge is 0.338 e. The number of carbonyl (C=O) groups is 1. The Morgan fingerprint density at radius 1 is 1.25 bits per heavy atom. The number of nitrogens with zero attached hydrogens (tertiary/aromatic N) is 1. The molecule has 20 heavy (non-hydrogen) atoms. The molecule has 0 unspecified atom stereocenters. The van der Waals surface area contributed by atoms with Crippen molar-refractivity contribution in [2.45, 2.75) is 64.4 Å². The minimum atomic E-state index is -0.474. The average Bonchev–Trinajstić information content (AvgIpc) is 2.37. The molecule has 1 heterocycles. The first-order valence-electron chi connectivity index (χ1n) is 7.26. The van der Waals surface area contributed by atoms with Gasteiger partial charge in [0.25, 0.3) is 0 Å². The predicted molar refractivity (Wildman–Crippen MR) is 82.9 cm³/mol. The van der Waals surface area contributed by atoms with Gasteiger partial charge in [0.15, 0.2) is 0 Å². The van der Waals surface area contributed by atoms with Gasteiger partial charge in [-0.3, -0.25) is 0 Å². The van der Waals surface area contributed by atoms with Crippen LogP contribution in [0.2, 0.25) is 0 Å². The van der Waals surface area contributed by atoms with Gasteiger partial charge >= 0.3 is 5.97 Å². The van der Waals surface area contributed by atoms with Crippen LogP contribution in [-0.4, -0.2) is 16.6 Å². The first-order valence-corrected chi connectivity index (χ1v) is 8.05. The minimum absolute atomic E-state index is 0.280. The van der Waals surface area contributed by atoms with Crippen LogP contribution in [0.4, 0.5) is 0 Å². The highest BCUT2D eigenvalue weighted by molar-refractivity contribution is 9.10. The molecule has 1 aromatic rings. The second-order valence-corrected chi connectivity index (χ2v) is 7.25.